The summed E-state index contributed by atoms with van der Waals surface area (Å²) >= 11 is 3.66. The molecule has 0 amide bonds. The highest BCUT2D eigenvalue weighted by Gasteiger charge is 2.38. The summed E-state index contributed by atoms with van der Waals surface area (Å²) in [5.41, 5.74) is 7.72. The molecule has 2 N–H and O–H groups in total. The molecule has 0 unspecified atom stereocenters. The van der Waals surface area contributed by atoms with Crippen LogP contribution < -0.4 is 5.73 Å². The van der Waals surface area contributed by atoms with Crippen molar-refractivity contribution in [3.8, 4) is 0 Å². The van der Waals surface area contributed by atoms with Crippen LogP contribution in [0.5, 0.6) is 0 Å². The van der Waals surface area contributed by atoms with Crippen molar-refractivity contribution in [3.63, 3.8) is 0 Å². The van der Waals surface area contributed by atoms with Crippen molar-refractivity contribution in [2.75, 3.05) is 12.5 Å². The highest BCUT2D eigenvalue weighted by atomic mass is 32.2. The van der Waals surface area contributed by atoms with Crippen molar-refractivity contribution in [2.45, 2.75) is 34.6 Å². The zero-order chi connectivity index (χ0) is 10.9. The third kappa shape index (κ3) is 2.52. The zero-order valence-electron chi connectivity index (χ0n) is 9.25. The Morgan fingerprint density at radius 1 is 1.27 bits per heavy atom. The molecule has 0 aliphatic heterocycles. The van der Waals surface area contributed by atoms with E-state index in [2.05, 4.69) is 30.7 Å². The van der Waals surface area contributed by atoms with E-state index >= 15 is 0 Å². The molecule has 0 saturated heterocycles. The Balaban J connectivity index is 2.28. The van der Waals surface area contributed by atoms with E-state index in [1.165, 1.54) is 28.2 Å². The summed E-state index contributed by atoms with van der Waals surface area (Å²) in [6.45, 7) is 0. The van der Waals surface area contributed by atoms with Gasteiger partial charge in [0.1, 0.15) is 0 Å². The third-order valence-electron chi connectivity index (χ3n) is 2.92. The summed E-state index contributed by atoms with van der Waals surface area (Å²) in [5.74, 6) is 0. The standard InChI is InChI=1S/C12H17NS2/c1-14-10-5-3-4-9(11(10)15-2)8-12(13)6-7-12/h3-5H,6-8,13H2,1-2H3. The van der Waals surface area contributed by atoms with Gasteiger partial charge >= 0.3 is 0 Å². The fourth-order valence-corrected chi connectivity index (χ4v) is 3.51. The summed E-state index contributed by atoms with van der Waals surface area (Å²) < 4.78 is 0. The van der Waals surface area contributed by atoms with Gasteiger partial charge in [-0.2, -0.15) is 0 Å². The zero-order valence-corrected chi connectivity index (χ0v) is 10.9. The van der Waals surface area contributed by atoms with E-state index in [1.807, 2.05) is 23.5 Å². The number of benzene rings is 1. The molecule has 0 heterocycles. The van der Waals surface area contributed by atoms with Crippen LogP contribution in [-0.4, -0.2) is 18.1 Å². The van der Waals surface area contributed by atoms with Crippen molar-refractivity contribution in [2.24, 2.45) is 5.73 Å². The normalized spacial score (nSPS) is 17.8. The minimum Gasteiger partial charge on any atom is -0.325 e. The van der Waals surface area contributed by atoms with Crippen molar-refractivity contribution in [1.29, 1.82) is 0 Å². The molecule has 2 rings (SSSR count). The predicted octanol–water partition coefficient (Wildman–Crippen LogP) is 3.16. The predicted molar refractivity (Wildman–Crippen MR) is 69.9 cm³/mol. The molecule has 0 spiro atoms. The van der Waals surface area contributed by atoms with Gasteiger partial charge < -0.3 is 5.73 Å². The molecule has 1 aliphatic carbocycles. The number of thioether (sulfide) groups is 2. The summed E-state index contributed by atoms with van der Waals surface area (Å²) in [6.07, 6.45) is 7.69. The molecule has 0 bridgehead atoms. The highest BCUT2D eigenvalue weighted by molar-refractivity contribution is 8.01. The van der Waals surface area contributed by atoms with Gasteiger partial charge in [0.15, 0.2) is 0 Å². The minimum atomic E-state index is 0.113. The molecule has 1 aromatic carbocycles. The van der Waals surface area contributed by atoms with Crippen LogP contribution in [0.3, 0.4) is 0 Å². The van der Waals surface area contributed by atoms with Crippen molar-refractivity contribution in [1.82, 2.24) is 0 Å². The first kappa shape index (κ1) is 11.4. The second-order valence-electron chi connectivity index (χ2n) is 4.19. The van der Waals surface area contributed by atoms with Gasteiger partial charge in [-0.1, -0.05) is 12.1 Å². The molecule has 0 atom stereocenters. The molecule has 1 aliphatic rings. The van der Waals surface area contributed by atoms with Gasteiger partial charge in [-0.25, -0.2) is 0 Å². The lowest BCUT2D eigenvalue weighted by Crippen LogP contribution is -2.24. The van der Waals surface area contributed by atoms with E-state index in [9.17, 15) is 0 Å². The van der Waals surface area contributed by atoms with Crippen LogP contribution in [0.2, 0.25) is 0 Å². The van der Waals surface area contributed by atoms with E-state index in [0.717, 1.165) is 6.42 Å². The molecule has 1 fully saturated rings. The first-order chi connectivity index (χ1) is 7.18. The molecule has 1 nitrogen and oxygen atoms in total. The maximum absolute atomic E-state index is 6.18. The van der Waals surface area contributed by atoms with Gasteiger partial charge in [0.05, 0.1) is 0 Å². The van der Waals surface area contributed by atoms with Gasteiger partial charge in [-0.05, 0) is 43.4 Å². The Morgan fingerprint density at radius 3 is 2.53 bits per heavy atom. The van der Waals surface area contributed by atoms with Crippen LogP contribution >= 0.6 is 23.5 Å². The van der Waals surface area contributed by atoms with Gasteiger partial charge in [0.2, 0.25) is 0 Å². The Kier molecular flexibility index (Phi) is 3.33. The van der Waals surface area contributed by atoms with Crippen LogP contribution in [0.4, 0.5) is 0 Å². The average molecular weight is 239 g/mol. The van der Waals surface area contributed by atoms with Crippen molar-refractivity contribution < 1.29 is 0 Å². The molecule has 82 valence electrons. The molecule has 1 aromatic rings. The maximum atomic E-state index is 6.18. The molecule has 1 saturated carbocycles. The Hall–Kier alpha value is -0.120. The van der Waals surface area contributed by atoms with Gasteiger partial charge in [0.25, 0.3) is 0 Å². The average Bonchev–Trinajstić information content (AvgIpc) is 2.95. The number of rotatable bonds is 4. The first-order valence-corrected chi connectivity index (χ1v) is 7.62. The van der Waals surface area contributed by atoms with Crippen LogP contribution in [0.1, 0.15) is 18.4 Å². The monoisotopic (exact) mass is 239 g/mol. The number of hydrogen-bond acceptors (Lipinski definition) is 3. The van der Waals surface area contributed by atoms with Crippen molar-refractivity contribution >= 4 is 23.5 Å². The summed E-state index contributed by atoms with van der Waals surface area (Å²) in [4.78, 5) is 2.80. The topological polar surface area (TPSA) is 26.0 Å². The van der Waals surface area contributed by atoms with E-state index in [4.69, 9.17) is 5.73 Å². The smallest absolute Gasteiger partial charge is 0.0238 e. The fraction of sp³-hybridized carbons (Fsp3) is 0.500. The lowest BCUT2D eigenvalue weighted by atomic mass is 10.1. The van der Waals surface area contributed by atoms with Gasteiger partial charge in [-0.15, -0.1) is 23.5 Å². The molecule has 15 heavy (non-hydrogen) atoms. The van der Waals surface area contributed by atoms with E-state index in [0.29, 0.717) is 0 Å². The lowest BCUT2D eigenvalue weighted by Gasteiger charge is -2.14. The molecule has 0 aromatic heterocycles. The second-order valence-corrected chi connectivity index (χ2v) is 5.86. The lowest BCUT2D eigenvalue weighted by molar-refractivity contribution is 0.662. The first-order valence-electron chi connectivity index (χ1n) is 5.17. The summed E-state index contributed by atoms with van der Waals surface area (Å²) in [5, 5.41) is 0. The van der Waals surface area contributed by atoms with Crippen LogP contribution in [-0.2, 0) is 6.42 Å². The van der Waals surface area contributed by atoms with Gasteiger partial charge in [-0.3, -0.25) is 0 Å². The molecular formula is C12H17NS2. The summed E-state index contributed by atoms with van der Waals surface area (Å²) in [6, 6.07) is 6.56. The number of hydrogen-bond donors (Lipinski definition) is 1. The van der Waals surface area contributed by atoms with E-state index in [1.54, 1.807) is 0 Å². The van der Waals surface area contributed by atoms with Crippen molar-refractivity contribution in [3.05, 3.63) is 23.8 Å². The largest absolute Gasteiger partial charge is 0.325 e. The van der Waals surface area contributed by atoms with Crippen LogP contribution in [0.25, 0.3) is 0 Å². The van der Waals surface area contributed by atoms with Crippen LogP contribution in [0.15, 0.2) is 28.0 Å². The molecule has 3 heteroatoms. The molecule has 0 radical (unpaired) electrons. The minimum absolute atomic E-state index is 0.113. The SMILES string of the molecule is CSc1cccc(CC2(N)CC2)c1SC. The number of nitrogens with two attached hydrogens (primary N) is 1. The fourth-order valence-electron chi connectivity index (χ4n) is 1.81. The summed E-state index contributed by atoms with van der Waals surface area (Å²) in [7, 11) is 0. The quantitative estimate of drug-likeness (QED) is 0.817. The Bertz CT molecular complexity index is 359. The van der Waals surface area contributed by atoms with Gasteiger partial charge in [0, 0.05) is 15.3 Å². The van der Waals surface area contributed by atoms with E-state index < -0.39 is 0 Å². The van der Waals surface area contributed by atoms with E-state index in [-0.39, 0.29) is 5.54 Å². The maximum Gasteiger partial charge on any atom is 0.0238 e. The second kappa shape index (κ2) is 4.40. The Labute approximate surface area is 100 Å². The third-order valence-corrected chi connectivity index (χ3v) is 4.72. The highest BCUT2D eigenvalue weighted by Crippen LogP contribution is 2.39. The van der Waals surface area contributed by atoms with Crippen LogP contribution in [0, 0.1) is 0 Å². The Morgan fingerprint density at radius 2 is 2.00 bits per heavy atom. The molecular weight excluding hydrogens is 222 g/mol.